The Labute approximate surface area is 107 Å². The van der Waals surface area contributed by atoms with E-state index < -0.39 is 0 Å². The van der Waals surface area contributed by atoms with Gasteiger partial charge in [0.05, 0.1) is 19.8 Å². The summed E-state index contributed by atoms with van der Waals surface area (Å²) >= 11 is 0. The van der Waals surface area contributed by atoms with Crippen molar-refractivity contribution in [2.24, 2.45) is 10.7 Å². The van der Waals surface area contributed by atoms with Gasteiger partial charge < -0.3 is 15.4 Å². The highest BCUT2D eigenvalue weighted by molar-refractivity contribution is 5.81. The van der Waals surface area contributed by atoms with E-state index in [1.54, 1.807) is 0 Å². The molecule has 2 aliphatic rings. The first-order chi connectivity index (χ1) is 8.78. The molecule has 0 fully saturated rings. The molecular formula is C14H17N3O. The van der Waals surface area contributed by atoms with Gasteiger partial charge in [-0.2, -0.15) is 0 Å². The Hall–Kier alpha value is -1.81. The summed E-state index contributed by atoms with van der Waals surface area (Å²) in [6.07, 6.45) is 1.85. The lowest BCUT2D eigenvalue weighted by Crippen LogP contribution is -2.54. The molecule has 0 bridgehead atoms. The second-order valence-corrected chi connectivity index (χ2v) is 4.76. The van der Waals surface area contributed by atoms with E-state index in [0.29, 0.717) is 32.3 Å². The summed E-state index contributed by atoms with van der Waals surface area (Å²) in [5.74, 6) is 0.579. The number of guanidine groups is 1. The van der Waals surface area contributed by atoms with E-state index in [2.05, 4.69) is 34.7 Å². The quantitative estimate of drug-likeness (QED) is 0.795. The molecule has 2 heterocycles. The molecule has 1 unspecified atom stereocenters. The van der Waals surface area contributed by atoms with E-state index in [4.69, 9.17) is 10.5 Å². The minimum Gasteiger partial charge on any atom is -0.374 e. The number of ether oxygens (including phenoxy) is 1. The lowest BCUT2D eigenvalue weighted by Gasteiger charge is -2.42. The van der Waals surface area contributed by atoms with Gasteiger partial charge in [0, 0.05) is 6.54 Å². The van der Waals surface area contributed by atoms with Gasteiger partial charge in [-0.05, 0) is 11.1 Å². The number of hydrogen-bond acceptors (Lipinski definition) is 4. The fourth-order valence-electron chi connectivity index (χ4n) is 2.86. The van der Waals surface area contributed by atoms with Crippen LogP contribution in [0.4, 0.5) is 0 Å². The lowest BCUT2D eigenvalue weighted by molar-refractivity contribution is 0.00945. The second-order valence-electron chi connectivity index (χ2n) is 4.76. The number of fused-ring (bicyclic) bond motifs is 2. The van der Waals surface area contributed by atoms with Crippen LogP contribution in [0.5, 0.6) is 0 Å². The first-order valence-corrected chi connectivity index (χ1v) is 6.12. The van der Waals surface area contributed by atoms with Gasteiger partial charge in [-0.3, -0.25) is 4.99 Å². The van der Waals surface area contributed by atoms with Crippen LogP contribution >= 0.6 is 0 Å². The van der Waals surface area contributed by atoms with Crippen molar-refractivity contribution in [1.82, 2.24) is 4.90 Å². The van der Waals surface area contributed by atoms with Crippen molar-refractivity contribution < 1.29 is 4.74 Å². The Bertz CT molecular complexity index is 512. The van der Waals surface area contributed by atoms with Crippen molar-refractivity contribution in [2.45, 2.75) is 12.1 Å². The summed E-state index contributed by atoms with van der Waals surface area (Å²) < 4.78 is 5.75. The summed E-state index contributed by atoms with van der Waals surface area (Å²) in [5.41, 5.74) is 8.26. The molecule has 0 saturated carbocycles. The van der Waals surface area contributed by atoms with E-state index in [1.165, 1.54) is 11.1 Å². The Balaban J connectivity index is 2.09. The van der Waals surface area contributed by atoms with Gasteiger partial charge in [-0.1, -0.05) is 30.3 Å². The topological polar surface area (TPSA) is 50.8 Å². The van der Waals surface area contributed by atoms with Crippen molar-refractivity contribution in [1.29, 1.82) is 0 Å². The molecular weight excluding hydrogens is 226 g/mol. The summed E-state index contributed by atoms with van der Waals surface area (Å²) in [6, 6.07) is 8.36. The summed E-state index contributed by atoms with van der Waals surface area (Å²) in [4.78, 5) is 6.50. The standard InChI is InChI=1S/C14H17N3O/c1-2-7-17-13(15)16-9-14(17)10-18-8-11-5-3-4-6-12(11)14/h2-6H,1,7-10H2,(H2,15,16). The van der Waals surface area contributed by atoms with Gasteiger partial charge in [0.25, 0.3) is 0 Å². The highest BCUT2D eigenvalue weighted by atomic mass is 16.5. The normalized spacial score (nSPS) is 26.0. The van der Waals surface area contributed by atoms with Crippen LogP contribution in [0.15, 0.2) is 41.9 Å². The maximum Gasteiger partial charge on any atom is 0.192 e. The molecule has 0 saturated heterocycles. The Morgan fingerprint density at radius 1 is 1.50 bits per heavy atom. The number of aliphatic imine (C=N–C) groups is 1. The summed E-state index contributed by atoms with van der Waals surface area (Å²) in [5, 5.41) is 0. The minimum absolute atomic E-state index is 0.243. The maximum atomic E-state index is 6.00. The molecule has 1 aromatic carbocycles. The molecule has 2 N–H and O–H groups in total. The van der Waals surface area contributed by atoms with Crippen molar-refractivity contribution in [3.05, 3.63) is 48.0 Å². The molecule has 0 aliphatic carbocycles. The Kier molecular flexibility index (Phi) is 2.59. The smallest absolute Gasteiger partial charge is 0.192 e. The number of benzene rings is 1. The summed E-state index contributed by atoms with van der Waals surface area (Å²) in [7, 11) is 0. The molecule has 0 radical (unpaired) electrons. The van der Waals surface area contributed by atoms with Crippen molar-refractivity contribution in [3.63, 3.8) is 0 Å². The molecule has 1 spiro atoms. The average Bonchev–Trinajstić information content (AvgIpc) is 2.70. The van der Waals surface area contributed by atoms with E-state index in [9.17, 15) is 0 Å². The lowest BCUT2D eigenvalue weighted by atomic mass is 9.84. The number of hydrogen-bond donors (Lipinski definition) is 1. The van der Waals surface area contributed by atoms with Gasteiger partial charge in [0.1, 0.15) is 5.54 Å². The van der Waals surface area contributed by atoms with Gasteiger partial charge in [0.2, 0.25) is 0 Å². The third-order valence-corrected chi connectivity index (χ3v) is 3.72. The van der Waals surface area contributed by atoms with E-state index in [-0.39, 0.29) is 5.54 Å². The first kappa shape index (κ1) is 11.3. The highest BCUT2D eigenvalue weighted by Gasteiger charge is 2.46. The Morgan fingerprint density at radius 2 is 2.33 bits per heavy atom. The third kappa shape index (κ3) is 1.46. The number of nitrogens with zero attached hydrogens (tertiary/aromatic N) is 2. The number of nitrogens with two attached hydrogens (primary N) is 1. The molecule has 2 aliphatic heterocycles. The van der Waals surface area contributed by atoms with Crippen LogP contribution < -0.4 is 5.73 Å². The SMILES string of the molecule is C=CCN1C(N)=NCC12COCc1ccccc12. The molecule has 94 valence electrons. The average molecular weight is 243 g/mol. The maximum absolute atomic E-state index is 6.00. The minimum atomic E-state index is -0.243. The third-order valence-electron chi connectivity index (χ3n) is 3.72. The van der Waals surface area contributed by atoms with Crippen LogP contribution in [0.25, 0.3) is 0 Å². The monoisotopic (exact) mass is 243 g/mol. The van der Waals surface area contributed by atoms with Crippen LogP contribution in [0.1, 0.15) is 11.1 Å². The van der Waals surface area contributed by atoms with Gasteiger partial charge in [-0.25, -0.2) is 0 Å². The van der Waals surface area contributed by atoms with Crippen molar-refractivity contribution in [2.75, 3.05) is 19.7 Å². The van der Waals surface area contributed by atoms with Crippen LogP contribution in [0.3, 0.4) is 0 Å². The molecule has 1 aromatic rings. The predicted molar refractivity (Wildman–Crippen MR) is 71.2 cm³/mol. The molecule has 1 atom stereocenters. The van der Waals surface area contributed by atoms with Gasteiger partial charge in [-0.15, -0.1) is 6.58 Å². The first-order valence-electron chi connectivity index (χ1n) is 6.12. The van der Waals surface area contributed by atoms with Crippen LogP contribution in [-0.2, 0) is 16.9 Å². The second kappa shape index (κ2) is 4.14. The van der Waals surface area contributed by atoms with E-state index in [1.807, 2.05) is 12.1 Å². The van der Waals surface area contributed by atoms with Crippen molar-refractivity contribution in [3.8, 4) is 0 Å². The molecule has 18 heavy (non-hydrogen) atoms. The fourth-order valence-corrected chi connectivity index (χ4v) is 2.86. The zero-order chi connectivity index (χ0) is 12.6. The zero-order valence-corrected chi connectivity index (χ0v) is 10.3. The van der Waals surface area contributed by atoms with Crippen LogP contribution in [0.2, 0.25) is 0 Å². The molecule has 0 aromatic heterocycles. The van der Waals surface area contributed by atoms with E-state index in [0.717, 1.165) is 0 Å². The summed E-state index contributed by atoms with van der Waals surface area (Å²) in [6.45, 7) is 6.44. The largest absolute Gasteiger partial charge is 0.374 e. The highest BCUT2D eigenvalue weighted by Crippen LogP contribution is 2.38. The number of rotatable bonds is 2. The molecule has 3 rings (SSSR count). The zero-order valence-electron chi connectivity index (χ0n) is 10.3. The van der Waals surface area contributed by atoms with E-state index >= 15 is 0 Å². The van der Waals surface area contributed by atoms with Crippen LogP contribution in [0, 0.1) is 0 Å². The Morgan fingerprint density at radius 3 is 3.17 bits per heavy atom. The molecule has 4 nitrogen and oxygen atoms in total. The molecule has 4 heteroatoms. The predicted octanol–water partition coefficient (Wildman–Crippen LogP) is 1.23. The van der Waals surface area contributed by atoms with Gasteiger partial charge >= 0.3 is 0 Å². The molecule has 0 amide bonds. The van der Waals surface area contributed by atoms with Crippen LogP contribution in [-0.4, -0.2) is 30.6 Å². The van der Waals surface area contributed by atoms with Gasteiger partial charge in [0.15, 0.2) is 5.96 Å². The van der Waals surface area contributed by atoms with Crippen molar-refractivity contribution >= 4 is 5.96 Å². The fraction of sp³-hybridized carbons (Fsp3) is 0.357.